The first kappa shape index (κ1) is 26.8. The molecule has 11 heteroatoms. The highest BCUT2D eigenvalue weighted by molar-refractivity contribution is 14.0. The van der Waals surface area contributed by atoms with Crippen molar-refractivity contribution in [3.63, 3.8) is 0 Å². The largest absolute Gasteiger partial charge is 0.356 e. The summed E-state index contributed by atoms with van der Waals surface area (Å²) in [5.74, 6) is 1.14. The van der Waals surface area contributed by atoms with E-state index >= 15 is 0 Å². The molecule has 0 unspecified atom stereocenters. The van der Waals surface area contributed by atoms with Gasteiger partial charge in [-0.2, -0.15) is 0 Å². The molecule has 0 amide bonds. The smallest absolute Gasteiger partial charge is 0.269 e. The van der Waals surface area contributed by atoms with Crippen LogP contribution in [0.4, 0.5) is 5.69 Å². The number of rotatable bonds is 9. The van der Waals surface area contributed by atoms with E-state index in [2.05, 4.69) is 29.5 Å². The molecule has 0 aliphatic heterocycles. The van der Waals surface area contributed by atoms with Gasteiger partial charge in [0.2, 0.25) is 10.0 Å². The number of hydrogen-bond donors (Lipinski definition) is 3. The molecule has 2 aromatic carbocycles. The molecule has 0 fully saturated rings. The summed E-state index contributed by atoms with van der Waals surface area (Å²) >= 11 is 0. The van der Waals surface area contributed by atoms with Crippen molar-refractivity contribution in [1.82, 2.24) is 10.6 Å². The zero-order valence-corrected chi connectivity index (χ0v) is 20.6. The van der Waals surface area contributed by atoms with Gasteiger partial charge in [-0.1, -0.05) is 38.1 Å². The average Bonchev–Trinajstić information content (AvgIpc) is 2.69. The maximum atomic E-state index is 11.4. The highest BCUT2D eigenvalue weighted by atomic mass is 127. The Morgan fingerprint density at radius 2 is 1.65 bits per heavy atom. The van der Waals surface area contributed by atoms with Crippen molar-refractivity contribution in [2.24, 2.45) is 16.0 Å². The van der Waals surface area contributed by atoms with Crippen molar-refractivity contribution >= 4 is 45.6 Å². The molecule has 0 radical (unpaired) electrons. The summed E-state index contributed by atoms with van der Waals surface area (Å²) in [6, 6.07) is 12.6. The molecule has 170 valence electrons. The van der Waals surface area contributed by atoms with E-state index in [0.717, 1.165) is 24.1 Å². The van der Waals surface area contributed by atoms with Gasteiger partial charge < -0.3 is 10.6 Å². The number of halogens is 1. The number of benzene rings is 2. The minimum absolute atomic E-state index is 0. The van der Waals surface area contributed by atoms with Crippen LogP contribution in [-0.2, 0) is 23.1 Å². The lowest BCUT2D eigenvalue weighted by Gasteiger charge is -2.14. The quantitative estimate of drug-likeness (QED) is 0.141. The number of nitrogens with zero attached hydrogens (tertiary/aromatic N) is 2. The van der Waals surface area contributed by atoms with Crippen LogP contribution in [0.25, 0.3) is 0 Å². The fourth-order valence-corrected chi connectivity index (χ4v) is 3.05. The zero-order chi connectivity index (χ0) is 22.1. The second-order valence-corrected chi connectivity index (χ2v) is 8.80. The summed E-state index contributed by atoms with van der Waals surface area (Å²) in [5.41, 5.74) is 1.77. The van der Waals surface area contributed by atoms with Crippen LogP contribution in [0.5, 0.6) is 0 Å². The van der Waals surface area contributed by atoms with Gasteiger partial charge in [-0.05, 0) is 35.6 Å². The lowest BCUT2D eigenvalue weighted by molar-refractivity contribution is -0.384. The topological polar surface area (TPSA) is 140 Å². The molecule has 31 heavy (non-hydrogen) atoms. The van der Waals surface area contributed by atoms with Gasteiger partial charge in [0.25, 0.3) is 5.69 Å². The number of aliphatic imine (C=N–C) groups is 1. The summed E-state index contributed by atoms with van der Waals surface area (Å²) < 4.78 is 22.7. The van der Waals surface area contributed by atoms with Gasteiger partial charge in [-0.25, -0.2) is 18.5 Å². The van der Waals surface area contributed by atoms with E-state index < -0.39 is 14.9 Å². The molecule has 0 aliphatic rings. The Kier molecular flexibility index (Phi) is 10.9. The van der Waals surface area contributed by atoms with Gasteiger partial charge in [-0.3, -0.25) is 10.1 Å². The predicted molar refractivity (Wildman–Crippen MR) is 132 cm³/mol. The fourth-order valence-electron chi connectivity index (χ4n) is 2.53. The molecule has 2 rings (SSSR count). The molecule has 0 spiro atoms. The Hall–Kier alpha value is -2.25. The summed E-state index contributed by atoms with van der Waals surface area (Å²) in [4.78, 5) is 14.9. The highest BCUT2D eigenvalue weighted by Gasteiger charge is 2.07. The Labute approximate surface area is 199 Å². The maximum absolute atomic E-state index is 11.4. The van der Waals surface area contributed by atoms with Gasteiger partial charge in [0.1, 0.15) is 0 Å². The number of guanidine groups is 1. The lowest BCUT2D eigenvalue weighted by Crippen LogP contribution is -2.37. The van der Waals surface area contributed by atoms with Gasteiger partial charge in [0.05, 0.1) is 16.4 Å². The van der Waals surface area contributed by atoms with Crippen LogP contribution < -0.4 is 15.8 Å². The average molecular weight is 561 g/mol. The number of nitrogens with two attached hydrogens (primary N) is 1. The Balaban J connectivity index is 0.00000480. The third kappa shape index (κ3) is 9.61. The van der Waals surface area contributed by atoms with Crippen LogP contribution >= 0.6 is 24.0 Å². The summed E-state index contributed by atoms with van der Waals surface area (Å²) in [7, 11) is -3.72. The van der Waals surface area contributed by atoms with Gasteiger partial charge >= 0.3 is 0 Å². The number of nitro groups is 1. The van der Waals surface area contributed by atoms with Crippen LogP contribution in [0.3, 0.4) is 0 Å². The number of non-ortho nitro benzene ring substituents is 1. The van der Waals surface area contributed by atoms with Crippen molar-refractivity contribution in [2.75, 3.05) is 6.54 Å². The van der Waals surface area contributed by atoms with Gasteiger partial charge in [0, 0.05) is 25.2 Å². The first-order chi connectivity index (χ1) is 14.1. The first-order valence-electron chi connectivity index (χ1n) is 9.52. The molecular weight excluding hydrogens is 533 g/mol. The third-order valence-electron chi connectivity index (χ3n) is 4.29. The van der Waals surface area contributed by atoms with Crippen molar-refractivity contribution in [3.8, 4) is 0 Å². The highest BCUT2D eigenvalue weighted by Crippen LogP contribution is 2.12. The molecule has 0 aromatic heterocycles. The van der Waals surface area contributed by atoms with Crippen molar-refractivity contribution in [2.45, 2.75) is 38.3 Å². The van der Waals surface area contributed by atoms with Crippen LogP contribution in [-0.4, -0.2) is 25.8 Å². The maximum Gasteiger partial charge on any atom is 0.269 e. The Morgan fingerprint density at radius 3 is 2.16 bits per heavy atom. The lowest BCUT2D eigenvalue weighted by atomic mass is 10.1. The Morgan fingerprint density at radius 1 is 1.06 bits per heavy atom. The molecule has 0 atom stereocenters. The standard InChI is InChI=1S/C20H27N5O4S.HI/c1-15(2)11-12-22-20(23-13-16-3-7-18(8-4-16)25(26)27)24-14-17-5-9-19(10-6-17)30(21,28)29;/h3-10,15H,11-14H2,1-2H3,(H2,21,28,29)(H2,22,23,24);1H. The van der Waals surface area contributed by atoms with E-state index in [1.165, 1.54) is 24.3 Å². The van der Waals surface area contributed by atoms with E-state index in [0.29, 0.717) is 25.0 Å². The van der Waals surface area contributed by atoms with Crippen LogP contribution in [0, 0.1) is 16.0 Å². The second kappa shape index (κ2) is 12.6. The summed E-state index contributed by atoms with van der Waals surface area (Å²) in [6.07, 6.45) is 0.974. The Bertz CT molecular complexity index is 978. The van der Waals surface area contributed by atoms with Gasteiger partial charge in [0.15, 0.2) is 5.96 Å². The van der Waals surface area contributed by atoms with E-state index in [1.54, 1.807) is 24.3 Å². The van der Waals surface area contributed by atoms with Crippen molar-refractivity contribution in [3.05, 3.63) is 69.8 Å². The van der Waals surface area contributed by atoms with Crippen molar-refractivity contribution < 1.29 is 13.3 Å². The molecule has 0 saturated heterocycles. The number of nitro benzene ring substituents is 1. The fraction of sp³-hybridized carbons (Fsp3) is 0.350. The first-order valence-corrected chi connectivity index (χ1v) is 11.1. The molecule has 4 N–H and O–H groups in total. The number of primary sulfonamides is 1. The second-order valence-electron chi connectivity index (χ2n) is 7.24. The molecule has 2 aromatic rings. The van der Waals surface area contributed by atoms with Gasteiger partial charge in [-0.15, -0.1) is 24.0 Å². The molecule has 0 saturated carbocycles. The molecule has 0 aliphatic carbocycles. The SMILES string of the molecule is CC(C)CCNC(=NCc1ccc(S(N)(=O)=O)cc1)NCc1ccc([N+](=O)[O-])cc1.I. The third-order valence-corrected chi connectivity index (χ3v) is 5.22. The molecular formula is C20H28IN5O4S. The van der Waals surface area contributed by atoms with E-state index in [4.69, 9.17) is 5.14 Å². The number of hydrogen-bond acceptors (Lipinski definition) is 5. The molecule has 0 heterocycles. The number of nitrogens with one attached hydrogen (secondary N) is 2. The number of sulfonamides is 1. The minimum atomic E-state index is -3.72. The predicted octanol–water partition coefficient (Wildman–Crippen LogP) is 3.14. The normalized spacial score (nSPS) is 11.7. The summed E-state index contributed by atoms with van der Waals surface area (Å²) in [6.45, 7) is 5.82. The molecule has 9 nitrogen and oxygen atoms in total. The summed E-state index contributed by atoms with van der Waals surface area (Å²) in [5, 5.41) is 22.4. The van der Waals surface area contributed by atoms with Crippen LogP contribution in [0.15, 0.2) is 58.4 Å². The zero-order valence-electron chi connectivity index (χ0n) is 17.4. The van der Waals surface area contributed by atoms with E-state index in [1.807, 2.05) is 0 Å². The molecule has 0 bridgehead atoms. The van der Waals surface area contributed by atoms with Crippen molar-refractivity contribution in [1.29, 1.82) is 0 Å². The van der Waals surface area contributed by atoms with E-state index in [9.17, 15) is 18.5 Å². The monoisotopic (exact) mass is 561 g/mol. The minimum Gasteiger partial charge on any atom is -0.356 e. The van der Waals surface area contributed by atoms with E-state index in [-0.39, 0.29) is 34.6 Å². The van der Waals surface area contributed by atoms with Crippen LogP contribution in [0.2, 0.25) is 0 Å². The van der Waals surface area contributed by atoms with Crippen LogP contribution in [0.1, 0.15) is 31.4 Å².